The van der Waals surface area contributed by atoms with Gasteiger partial charge in [-0.2, -0.15) is 0 Å². The van der Waals surface area contributed by atoms with Crippen LogP contribution in [0.5, 0.6) is 0 Å². The van der Waals surface area contributed by atoms with E-state index in [1.54, 1.807) is 0 Å². The van der Waals surface area contributed by atoms with Gasteiger partial charge in [-0.1, -0.05) is 200 Å². The first-order valence-electron chi connectivity index (χ1n) is 21.7. The smallest absolute Gasteiger partial charge is 0.160 e. The van der Waals surface area contributed by atoms with E-state index in [1.807, 2.05) is 0 Å². The van der Waals surface area contributed by atoms with Crippen LogP contribution in [0, 0.1) is 0 Å². The van der Waals surface area contributed by atoms with Crippen molar-refractivity contribution in [2.24, 2.45) is 0 Å². The normalized spacial score (nSPS) is 12.9. The molecule has 2 nitrogen and oxygen atoms in total. The van der Waals surface area contributed by atoms with Gasteiger partial charge in [0.25, 0.3) is 0 Å². The Bertz CT molecular complexity index is 3520. The van der Waals surface area contributed by atoms with Crippen molar-refractivity contribution in [2.75, 3.05) is 0 Å². The molecule has 0 amide bonds. The van der Waals surface area contributed by atoms with E-state index in [-0.39, 0.29) is 0 Å². The second-order valence-corrected chi connectivity index (χ2v) is 16.8. The van der Waals surface area contributed by atoms with Gasteiger partial charge >= 0.3 is 0 Å². The molecule has 0 saturated heterocycles. The molecule has 1 spiro atoms. The van der Waals surface area contributed by atoms with Gasteiger partial charge in [-0.15, -0.1) is 0 Å². The fourth-order valence-electron chi connectivity index (χ4n) is 10.7. The number of fused-ring (bicyclic) bond motifs is 13. The highest BCUT2D eigenvalue weighted by Gasteiger charge is 2.52. The molecule has 10 aromatic carbocycles. The quantitative estimate of drug-likeness (QED) is 0.162. The van der Waals surface area contributed by atoms with Crippen LogP contribution in [0.2, 0.25) is 0 Å². The van der Waals surface area contributed by atoms with Crippen LogP contribution >= 0.6 is 0 Å². The molecule has 0 bridgehead atoms. The monoisotopic (exact) mass is 798 g/mol. The molecule has 0 fully saturated rings. The minimum absolute atomic E-state index is 0.455. The third-order valence-corrected chi connectivity index (χ3v) is 13.5. The molecule has 0 aliphatic heterocycles. The van der Waals surface area contributed by atoms with E-state index in [9.17, 15) is 0 Å². The molecule has 292 valence electrons. The van der Waals surface area contributed by atoms with Crippen LogP contribution < -0.4 is 0 Å². The van der Waals surface area contributed by atoms with Crippen molar-refractivity contribution in [2.45, 2.75) is 5.41 Å². The van der Waals surface area contributed by atoms with Crippen LogP contribution in [0.25, 0.3) is 100.0 Å². The Hall–Kier alpha value is -8.20. The van der Waals surface area contributed by atoms with Crippen molar-refractivity contribution in [1.29, 1.82) is 0 Å². The van der Waals surface area contributed by atoms with Crippen molar-refractivity contribution in [3.63, 3.8) is 0 Å². The Morgan fingerprint density at radius 1 is 0.270 bits per heavy atom. The number of hydrogen-bond donors (Lipinski definition) is 0. The summed E-state index contributed by atoms with van der Waals surface area (Å²) in [5.74, 6) is 0.686. The van der Waals surface area contributed by atoms with Gasteiger partial charge in [0.1, 0.15) is 0 Å². The standard InChI is InChI=1S/C61H38N2/c1-3-16-39(17-4-1)44-35-45(40-18-5-2-6-19-40)37-46(36-44)60-62-57(43-32-33-48-42(34-43)31-30-41-20-7-8-21-47(41)48)38-58(63-60)52-25-15-29-56-59(52)51-24-11-14-28-55(51)61(56)53-26-12-9-22-49(53)50-23-10-13-27-54(50)61/h1-38H. The summed E-state index contributed by atoms with van der Waals surface area (Å²) in [5, 5.41) is 4.90. The molecule has 0 saturated carbocycles. The zero-order valence-electron chi connectivity index (χ0n) is 34.3. The van der Waals surface area contributed by atoms with Gasteiger partial charge in [0.15, 0.2) is 5.82 Å². The summed E-state index contributed by atoms with van der Waals surface area (Å²) in [6.45, 7) is 0. The topological polar surface area (TPSA) is 25.8 Å². The van der Waals surface area contributed by atoms with Crippen LogP contribution in [-0.4, -0.2) is 9.97 Å². The summed E-state index contributed by atoms with van der Waals surface area (Å²) < 4.78 is 0. The van der Waals surface area contributed by atoms with E-state index in [0.717, 1.165) is 50.3 Å². The second kappa shape index (κ2) is 13.9. The van der Waals surface area contributed by atoms with Gasteiger partial charge in [0.2, 0.25) is 0 Å². The number of hydrogen-bond acceptors (Lipinski definition) is 2. The molecule has 0 atom stereocenters. The van der Waals surface area contributed by atoms with Crippen LogP contribution in [0.1, 0.15) is 22.3 Å². The maximum absolute atomic E-state index is 5.62. The summed E-state index contributed by atoms with van der Waals surface area (Å²) in [4.78, 5) is 11.1. The lowest BCUT2D eigenvalue weighted by atomic mass is 9.70. The van der Waals surface area contributed by atoms with E-state index in [0.29, 0.717) is 5.82 Å². The lowest BCUT2D eigenvalue weighted by Gasteiger charge is -2.30. The highest BCUT2D eigenvalue weighted by molar-refractivity contribution is 6.08. The summed E-state index contributed by atoms with van der Waals surface area (Å²) in [5.41, 5.74) is 19.3. The predicted molar refractivity (Wildman–Crippen MR) is 261 cm³/mol. The van der Waals surface area contributed by atoms with E-state index >= 15 is 0 Å². The van der Waals surface area contributed by atoms with Gasteiger partial charge < -0.3 is 0 Å². The van der Waals surface area contributed by atoms with E-state index in [4.69, 9.17) is 9.97 Å². The number of aromatic nitrogens is 2. The third-order valence-electron chi connectivity index (χ3n) is 13.5. The molecular weight excluding hydrogens is 761 g/mol. The zero-order chi connectivity index (χ0) is 41.5. The first kappa shape index (κ1) is 35.5. The molecule has 11 aromatic rings. The van der Waals surface area contributed by atoms with Crippen LogP contribution in [0.15, 0.2) is 231 Å². The van der Waals surface area contributed by atoms with Crippen LogP contribution in [-0.2, 0) is 5.41 Å². The molecule has 1 aromatic heterocycles. The fraction of sp³-hybridized carbons (Fsp3) is 0.0164. The summed E-state index contributed by atoms with van der Waals surface area (Å²) in [6.07, 6.45) is 0. The second-order valence-electron chi connectivity index (χ2n) is 16.8. The molecule has 13 rings (SSSR count). The van der Waals surface area contributed by atoms with Crippen molar-refractivity contribution < 1.29 is 0 Å². The Labute approximate surface area is 366 Å². The molecule has 2 aliphatic rings. The van der Waals surface area contributed by atoms with Gasteiger partial charge in [0.05, 0.1) is 16.8 Å². The first-order chi connectivity index (χ1) is 31.2. The largest absolute Gasteiger partial charge is 0.228 e. The zero-order valence-corrected chi connectivity index (χ0v) is 34.3. The Balaban J connectivity index is 1.08. The van der Waals surface area contributed by atoms with Crippen LogP contribution in [0.3, 0.4) is 0 Å². The van der Waals surface area contributed by atoms with Crippen molar-refractivity contribution >= 4 is 21.5 Å². The molecule has 2 heteroatoms. The lowest BCUT2D eigenvalue weighted by molar-refractivity contribution is 0.794. The molecule has 0 radical (unpaired) electrons. The fourth-order valence-corrected chi connectivity index (χ4v) is 10.7. The molecule has 63 heavy (non-hydrogen) atoms. The first-order valence-corrected chi connectivity index (χ1v) is 21.7. The molecule has 0 N–H and O–H groups in total. The van der Waals surface area contributed by atoms with Gasteiger partial charge in [-0.05, 0) is 119 Å². The van der Waals surface area contributed by atoms with Gasteiger partial charge in [0, 0.05) is 16.7 Å². The average molecular weight is 799 g/mol. The van der Waals surface area contributed by atoms with Crippen molar-refractivity contribution in [3.05, 3.63) is 253 Å². The van der Waals surface area contributed by atoms with E-state index in [2.05, 4.69) is 231 Å². The minimum Gasteiger partial charge on any atom is -0.228 e. The third kappa shape index (κ3) is 5.38. The Kier molecular flexibility index (Phi) is 7.85. The van der Waals surface area contributed by atoms with Gasteiger partial charge in [-0.3, -0.25) is 0 Å². The predicted octanol–water partition coefficient (Wildman–Crippen LogP) is 15.5. The minimum atomic E-state index is -0.455. The number of rotatable bonds is 5. The molecule has 1 heterocycles. The van der Waals surface area contributed by atoms with Crippen molar-refractivity contribution in [3.8, 4) is 78.4 Å². The Morgan fingerprint density at radius 2 is 0.778 bits per heavy atom. The molecule has 2 aliphatic carbocycles. The summed E-state index contributed by atoms with van der Waals surface area (Å²) in [6, 6.07) is 83.9. The summed E-state index contributed by atoms with van der Waals surface area (Å²) in [7, 11) is 0. The highest BCUT2D eigenvalue weighted by Crippen LogP contribution is 2.64. The van der Waals surface area contributed by atoms with Gasteiger partial charge in [-0.25, -0.2) is 9.97 Å². The lowest BCUT2D eigenvalue weighted by Crippen LogP contribution is -2.25. The molecular formula is C61H38N2. The number of nitrogens with zero attached hydrogens (tertiary/aromatic N) is 2. The van der Waals surface area contributed by atoms with E-state index in [1.165, 1.54) is 66.1 Å². The average Bonchev–Trinajstić information content (AvgIpc) is 3.84. The van der Waals surface area contributed by atoms with Crippen LogP contribution in [0.4, 0.5) is 0 Å². The van der Waals surface area contributed by atoms with E-state index < -0.39 is 5.41 Å². The Morgan fingerprint density at radius 3 is 1.48 bits per heavy atom. The maximum atomic E-state index is 5.62. The maximum Gasteiger partial charge on any atom is 0.160 e. The van der Waals surface area contributed by atoms with Crippen molar-refractivity contribution in [1.82, 2.24) is 9.97 Å². The highest BCUT2D eigenvalue weighted by atomic mass is 14.9. The molecule has 0 unspecified atom stereocenters. The summed E-state index contributed by atoms with van der Waals surface area (Å²) >= 11 is 0. The SMILES string of the molecule is c1ccc(-c2cc(-c3ccccc3)cc(-c3nc(-c4ccc5c(ccc6ccccc65)c4)cc(-c4cccc5c4-c4ccccc4C54c5ccccc5-c5ccccc54)n3)c2)cc1. The number of benzene rings is 10.